The fraction of sp³-hybridized carbons (Fsp3) is 0.100. The van der Waals surface area contributed by atoms with Crippen LogP contribution in [0.4, 0.5) is 0 Å². The molecule has 4 nitrogen and oxygen atoms in total. The summed E-state index contributed by atoms with van der Waals surface area (Å²) in [5, 5.41) is 2.94. The number of rotatable bonds is 6. The quantitative estimate of drug-likeness (QED) is 0.640. The molecule has 1 aromatic heterocycles. The molecule has 0 saturated carbocycles. The number of amides is 1. The zero-order valence-corrected chi connectivity index (χ0v) is 15.2. The highest BCUT2D eigenvalue weighted by molar-refractivity contribution is 9.10. The zero-order valence-electron chi connectivity index (χ0n) is 13.6. The van der Waals surface area contributed by atoms with Crippen LogP contribution in [0.2, 0.25) is 0 Å². The fourth-order valence-electron chi connectivity index (χ4n) is 2.45. The van der Waals surface area contributed by atoms with Gasteiger partial charge in [0.25, 0.3) is 0 Å². The van der Waals surface area contributed by atoms with Crippen LogP contribution in [0.15, 0.2) is 77.8 Å². The number of nitrogens with zero attached hydrogens (tertiary/aromatic N) is 2. The minimum absolute atomic E-state index is 0.111. The Bertz CT molecular complexity index is 855. The predicted octanol–water partition coefficient (Wildman–Crippen LogP) is 4.02. The minimum Gasteiger partial charge on any atom is -0.348 e. The number of benzene rings is 2. The first-order valence-electron chi connectivity index (χ1n) is 7.95. The number of imidazole rings is 1. The van der Waals surface area contributed by atoms with Crippen LogP contribution in [-0.2, 0) is 17.9 Å². The van der Waals surface area contributed by atoms with Crippen molar-refractivity contribution in [3.63, 3.8) is 0 Å². The summed E-state index contributed by atoms with van der Waals surface area (Å²) in [7, 11) is 0. The van der Waals surface area contributed by atoms with E-state index in [1.165, 1.54) is 0 Å². The average Bonchev–Trinajstić information content (AvgIpc) is 3.13. The fourth-order valence-corrected chi connectivity index (χ4v) is 2.71. The van der Waals surface area contributed by atoms with E-state index in [0.29, 0.717) is 6.54 Å². The molecule has 0 unspecified atom stereocenters. The van der Waals surface area contributed by atoms with Crippen molar-refractivity contribution in [2.75, 3.05) is 0 Å². The Morgan fingerprint density at radius 3 is 2.60 bits per heavy atom. The summed E-state index contributed by atoms with van der Waals surface area (Å²) in [5.74, 6) is -0.111. The van der Waals surface area contributed by atoms with Gasteiger partial charge in [-0.1, -0.05) is 52.3 Å². The van der Waals surface area contributed by atoms with Crippen LogP contribution in [0.25, 0.3) is 6.08 Å². The Hall–Kier alpha value is -2.66. The molecule has 0 radical (unpaired) electrons. The van der Waals surface area contributed by atoms with E-state index in [2.05, 4.69) is 32.3 Å². The minimum atomic E-state index is -0.111. The summed E-state index contributed by atoms with van der Waals surface area (Å²) in [6, 6.07) is 15.9. The maximum absolute atomic E-state index is 12.1. The topological polar surface area (TPSA) is 46.9 Å². The van der Waals surface area contributed by atoms with E-state index in [1.54, 1.807) is 24.7 Å². The van der Waals surface area contributed by atoms with Gasteiger partial charge in [-0.15, -0.1) is 0 Å². The lowest BCUT2D eigenvalue weighted by molar-refractivity contribution is -0.116. The smallest absolute Gasteiger partial charge is 0.244 e. The molecule has 0 spiro atoms. The van der Waals surface area contributed by atoms with E-state index in [-0.39, 0.29) is 5.91 Å². The summed E-state index contributed by atoms with van der Waals surface area (Å²) in [6.45, 7) is 1.23. The van der Waals surface area contributed by atoms with Gasteiger partial charge in [-0.3, -0.25) is 4.79 Å². The molecule has 0 saturated heterocycles. The summed E-state index contributed by atoms with van der Waals surface area (Å²) >= 11 is 3.39. The lowest BCUT2D eigenvalue weighted by atomic mass is 10.1. The third-order valence-corrected chi connectivity index (χ3v) is 4.31. The van der Waals surface area contributed by atoms with E-state index in [9.17, 15) is 4.79 Å². The second kappa shape index (κ2) is 8.44. The molecule has 25 heavy (non-hydrogen) atoms. The van der Waals surface area contributed by atoms with Gasteiger partial charge in [-0.25, -0.2) is 4.98 Å². The third kappa shape index (κ3) is 5.16. The molecule has 3 rings (SSSR count). The van der Waals surface area contributed by atoms with Crippen molar-refractivity contribution in [3.05, 3.63) is 94.5 Å². The van der Waals surface area contributed by atoms with Crippen molar-refractivity contribution < 1.29 is 4.79 Å². The van der Waals surface area contributed by atoms with Gasteiger partial charge in [0.1, 0.15) is 0 Å². The highest BCUT2D eigenvalue weighted by Crippen LogP contribution is 2.12. The second-order valence-electron chi connectivity index (χ2n) is 5.61. The second-order valence-corrected chi connectivity index (χ2v) is 6.52. The maximum Gasteiger partial charge on any atom is 0.244 e. The number of hydrogen-bond acceptors (Lipinski definition) is 2. The Kier molecular flexibility index (Phi) is 5.80. The molecule has 0 atom stereocenters. The Morgan fingerprint density at radius 2 is 1.88 bits per heavy atom. The Labute approximate surface area is 155 Å². The lowest BCUT2D eigenvalue weighted by Crippen LogP contribution is -2.21. The molecule has 3 aromatic rings. The first-order valence-corrected chi connectivity index (χ1v) is 8.74. The van der Waals surface area contributed by atoms with Crippen molar-refractivity contribution in [1.82, 2.24) is 14.9 Å². The molecule has 0 aliphatic carbocycles. The number of carbonyl (C=O) groups is 1. The van der Waals surface area contributed by atoms with Crippen molar-refractivity contribution in [2.24, 2.45) is 0 Å². The van der Waals surface area contributed by atoms with Crippen LogP contribution >= 0.6 is 15.9 Å². The number of hydrogen-bond donors (Lipinski definition) is 1. The molecular weight excluding hydrogens is 378 g/mol. The number of carbonyl (C=O) groups excluding carboxylic acids is 1. The standard InChI is InChI=1S/C20H18BrN3O/c21-19-8-5-16(6-9-19)7-10-20(25)23-13-17-3-1-2-4-18(17)14-24-12-11-22-15-24/h1-12,15H,13-14H2,(H,23,25)/b10-7+. The van der Waals surface area contributed by atoms with Crippen LogP contribution < -0.4 is 5.32 Å². The zero-order chi connectivity index (χ0) is 17.5. The van der Waals surface area contributed by atoms with Crippen LogP contribution in [0, 0.1) is 0 Å². The Morgan fingerprint density at radius 1 is 1.12 bits per heavy atom. The molecule has 5 heteroatoms. The molecule has 126 valence electrons. The molecule has 0 fully saturated rings. The van der Waals surface area contributed by atoms with Crippen LogP contribution in [0.3, 0.4) is 0 Å². The molecule has 2 aromatic carbocycles. The number of aromatic nitrogens is 2. The number of halogens is 1. The van der Waals surface area contributed by atoms with Gasteiger partial charge in [0.05, 0.1) is 6.33 Å². The van der Waals surface area contributed by atoms with Crippen LogP contribution in [0.5, 0.6) is 0 Å². The van der Waals surface area contributed by atoms with Crippen molar-refractivity contribution in [1.29, 1.82) is 0 Å². The molecule has 0 aliphatic heterocycles. The van der Waals surface area contributed by atoms with E-state index in [0.717, 1.165) is 27.7 Å². The van der Waals surface area contributed by atoms with Crippen LogP contribution in [-0.4, -0.2) is 15.5 Å². The van der Waals surface area contributed by atoms with Gasteiger partial charge in [-0.2, -0.15) is 0 Å². The highest BCUT2D eigenvalue weighted by Gasteiger charge is 2.04. The Balaban J connectivity index is 1.59. The van der Waals surface area contributed by atoms with Gasteiger partial charge in [-0.05, 0) is 34.9 Å². The molecule has 1 heterocycles. The van der Waals surface area contributed by atoms with Crippen molar-refractivity contribution >= 4 is 27.9 Å². The largest absolute Gasteiger partial charge is 0.348 e. The summed E-state index contributed by atoms with van der Waals surface area (Å²) < 4.78 is 3.03. The molecule has 1 amide bonds. The van der Waals surface area contributed by atoms with Gasteiger partial charge in [0.2, 0.25) is 5.91 Å². The van der Waals surface area contributed by atoms with Gasteiger partial charge >= 0.3 is 0 Å². The van der Waals surface area contributed by atoms with E-state index < -0.39 is 0 Å². The summed E-state index contributed by atoms with van der Waals surface area (Å²) in [6.07, 6.45) is 8.84. The van der Waals surface area contributed by atoms with E-state index in [4.69, 9.17) is 0 Å². The SMILES string of the molecule is O=C(/C=C/c1ccc(Br)cc1)NCc1ccccc1Cn1ccnc1. The van der Waals surface area contributed by atoms with Gasteiger partial charge in [0, 0.05) is 36.0 Å². The van der Waals surface area contributed by atoms with Crippen molar-refractivity contribution in [2.45, 2.75) is 13.1 Å². The van der Waals surface area contributed by atoms with Gasteiger partial charge < -0.3 is 9.88 Å². The lowest BCUT2D eigenvalue weighted by Gasteiger charge is -2.10. The van der Waals surface area contributed by atoms with Crippen molar-refractivity contribution in [3.8, 4) is 0 Å². The molecule has 0 bridgehead atoms. The van der Waals surface area contributed by atoms with Gasteiger partial charge in [0.15, 0.2) is 0 Å². The molecular formula is C20H18BrN3O. The summed E-state index contributed by atoms with van der Waals surface area (Å²) in [4.78, 5) is 16.1. The normalized spacial score (nSPS) is 10.9. The average molecular weight is 396 g/mol. The number of nitrogens with one attached hydrogen (secondary N) is 1. The molecule has 1 N–H and O–H groups in total. The van der Waals surface area contributed by atoms with E-state index in [1.807, 2.05) is 53.2 Å². The monoisotopic (exact) mass is 395 g/mol. The maximum atomic E-state index is 12.1. The molecule has 0 aliphatic rings. The first kappa shape index (κ1) is 17.2. The third-order valence-electron chi connectivity index (χ3n) is 3.78. The van der Waals surface area contributed by atoms with E-state index >= 15 is 0 Å². The first-order chi connectivity index (χ1) is 12.2. The van der Waals surface area contributed by atoms with Crippen LogP contribution in [0.1, 0.15) is 16.7 Å². The summed E-state index contributed by atoms with van der Waals surface area (Å²) in [5.41, 5.74) is 3.25. The predicted molar refractivity (Wildman–Crippen MR) is 103 cm³/mol. The highest BCUT2D eigenvalue weighted by atomic mass is 79.9.